The molecule has 0 radical (unpaired) electrons. The molecule has 0 aromatic heterocycles. The number of carbonyl (C=O) groups is 2. The van der Waals surface area contributed by atoms with Crippen LogP contribution in [0.5, 0.6) is 0 Å². The summed E-state index contributed by atoms with van der Waals surface area (Å²) in [6, 6.07) is 4.82. The minimum Gasteiger partial charge on any atom is -0.352 e. The van der Waals surface area contributed by atoms with Crippen LogP contribution >= 0.6 is 15.9 Å². The molecule has 1 saturated carbocycles. The highest BCUT2D eigenvalue weighted by atomic mass is 79.9. The second kappa shape index (κ2) is 6.97. The van der Waals surface area contributed by atoms with E-state index >= 15 is 0 Å². The zero-order valence-electron chi connectivity index (χ0n) is 12.7. The number of hydrogen-bond donors (Lipinski definition) is 1. The quantitative estimate of drug-likeness (QED) is 0.859. The number of benzene rings is 1. The maximum absolute atomic E-state index is 13.9. The number of hydrogen-bond acceptors (Lipinski definition) is 3. The van der Waals surface area contributed by atoms with Crippen molar-refractivity contribution in [1.82, 2.24) is 15.1 Å². The third-order valence-corrected chi connectivity index (χ3v) is 4.62. The van der Waals surface area contributed by atoms with Gasteiger partial charge in [-0.05, 0) is 31.0 Å². The molecule has 1 aromatic rings. The summed E-state index contributed by atoms with van der Waals surface area (Å²) in [6.45, 7) is 2.63. The maximum Gasteiger partial charge on any atom is 0.256 e. The van der Waals surface area contributed by atoms with Crippen molar-refractivity contribution in [2.75, 3.05) is 32.7 Å². The van der Waals surface area contributed by atoms with E-state index < -0.39 is 5.82 Å². The highest BCUT2D eigenvalue weighted by Crippen LogP contribution is 2.19. The van der Waals surface area contributed by atoms with Gasteiger partial charge in [0.25, 0.3) is 5.91 Å². The number of halogens is 2. The molecule has 2 fully saturated rings. The largest absolute Gasteiger partial charge is 0.352 e. The number of carbonyl (C=O) groups excluding carboxylic acids is 2. The predicted octanol–water partition coefficient (Wildman–Crippen LogP) is 1.62. The first-order valence-corrected chi connectivity index (χ1v) is 8.58. The Hall–Kier alpha value is -1.47. The molecule has 1 aromatic carbocycles. The molecule has 1 heterocycles. The van der Waals surface area contributed by atoms with Crippen molar-refractivity contribution >= 4 is 27.7 Å². The van der Waals surface area contributed by atoms with Gasteiger partial charge in [0.05, 0.1) is 12.1 Å². The van der Waals surface area contributed by atoms with Crippen molar-refractivity contribution < 1.29 is 14.0 Å². The SMILES string of the molecule is O=C(CN1CCN(C(=O)c2ccc(Br)cc2F)CC1)NC1CC1. The number of piperazine rings is 1. The van der Waals surface area contributed by atoms with E-state index in [2.05, 4.69) is 21.2 Å². The number of nitrogens with one attached hydrogen (secondary N) is 1. The fourth-order valence-corrected chi connectivity index (χ4v) is 2.98. The van der Waals surface area contributed by atoms with E-state index in [0.29, 0.717) is 43.2 Å². The molecule has 1 aliphatic carbocycles. The van der Waals surface area contributed by atoms with Crippen LogP contribution in [0.4, 0.5) is 4.39 Å². The topological polar surface area (TPSA) is 52.7 Å². The molecule has 0 spiro atoms. The molecule has 0 unspecified atom stereocenters. The average molecular weight is 384 g/mol. The van der Waals surface area contributed by atoms with Gasteiger partial charge in [0.2, 0.25) is 5.91 Å². The average Bonchev–Trinajstić information content (AvgIpc) is 3.31. The summed E-state index contributed by atoms with van der Waals surface area (Å²) >= 11 is 3.18. The Kier molecular flexibility index (Phi) is 4.96. The van der Waals surface area contributed by atoms with Crippen molar-refractivity contribution in [2.45, 2.75) is 18.9 Å². The Morgan fingerprint density at radius 3 is 2.52 bits per heavy atom. The fraction of sp³-hybridized carbons (Fsp3) is 0.500. The first kappa shape index (κ1) is 16.4. The van der Waals surface area contributed by atoms with Gasteiger partial charge in [-0.2, -0.15) is 0 Å². The van der Waals surface area contributed by atoms with Crippen molar-refractivity contribution in [2.24, 2.45) is 0 Å². The van der Waals surface area contributed by atoms with Gasteiger partial charge in [-0.25, -0.2) is 4.39 Å². The summed E-state index contributed by atoms with van der Waals surface area (Å²) in [6.07, 6.45) is 2.15. The number of nitrogens with zero attached hydrogens (tertiary/aromatic N) is 2. The molecular formula is C16H19BrFN3O2. The molecule has 1 N–H and O–H groups in total. The molecule has 0 bridgehead atoms. The molecule has 7 heteroatoms. The lowest BCUT2D eigenvalue weighted by molar-refractivity contribution is -0.122. The van der Waals surface area contributed by atoms with Gasteiger partial charge in [0.15, 0.2) is 0 Å². The van der Waals surface area contributed by atoms with Crippen molar-refractivity contribution in [1.29, 1.82) is 0 Å². The molecular weight excluding hydrogens is 365 g/mol. The Morgan fingerprint density at radius 2 is 1.91 bits per heavy atom. The zero-order valence-corrected chi connectivity index (χ0v) is 14.3. The van der Waals surface area contributed by atoms with E-state index in [9.17, 15) is 14.0 Å². The van der Waals surface area contributed by atoms with E-state index in [1.54, 1.807) is 11.0 Å². The zero-order chi connectivity index (χ0) is 16.4. The molecule has 3 rings (SSSR count). The van der Waals surface area contributed by atoms with Gasteiger partial charge >= 0.3 is 0 Å². The molecule has 5 nitrogen and oxygen atoms in total. The second-order valence-electron chi connectivity index (χ2n) is 6.03. The minimum absolute atomic E-state index is 0.0474. The van der Waals surface area contributed by atoms with Crippen LogP contribution in [-0.4, -0.2) is 60.4 Å². The van der Waals surface area contributed by atoms with Crippen LogP contribution in [0.15, 0.2) is 22.7 Å². The molecule has 0 atom stereocenters. The van der Waals surface area contributed by atoms with Crippen LogP contribution in [0.3, 0.4) is 0 Å². The Labute approximate surface area is 142 Å². The van der Waals surface area contributed by atoms with Crippen LogP contribution in [0.1, 0.15) is 23.2 Å². The van der Waals surface area contributed by atoms with Crippen LogP contribution in [-0.2, 0) is 4.79 Å². The Bertz CT molecular complexity index is 613. The van der Waals surface area contributed by atoms with Crippen molar-refractivity contribution in [3.8, 4) is 0 Å². The lowest BCUT2D eigenvalue weighted by atomic mass is 10.1. The van der Waals surface area contributed by atoms with Crippen LogP contribution in [0.2, 0.25) is 0 Å². The minimum atomic E-state index is -0.518. The van der Waals surface area contributed by atoms with E-state index in [0.717, 1.165) is 12.8 Å². The van der Waals surface area contributed by atoms with Gasteiger partial charge in [0, 0.05) is 36.7 Å². The van der Waals surface area contributed by atoms with E-state index in [1.807, 2.05) is 4.90 Å². The third-order valence-electron chi connectivity index (χ3n) is 4.13. The summed E-state index contributed by atoms with van der Waals surface area (Å²) in [4.78, 5) is 27.8. The standard InChI is InChI=1S/C16H19BrFN3O2/c17-11-1-4-13(14(18)9-11)16(23)21-7-5-20(6-8-21)10-15(22)19-12-2-3-12/h1,4,9,12H,2-3,5-8,10H2,(H,19,22). The molecule has 2 aliphatic rings. The van der Waals surface area contributed by atoms with Crippen LogP contribution < -0.4 is 5.32 Å². The maximum atomic E-state index is 13.9. The number of amides is 2. The lowest BCUT2D eigenvalue weighted by Gasteiger charge is -2.34. The van der Waals surface area contributed by atoms with E-state index in [-0.39, 0.29) is 17.4 Å². The summed E-state index contributed by atoms with van der Waals surface area (Å²) in [5.74, 6) is -0.765. The number of rotatable bonds is 4. The smallest absolute Gasteiger partial charge is 0.256 e. The van der Waals surface area contributed by atoms with Crippen LogP contribution in [0.25, 0.3) is 0 Å². The molecule has 124 valence electrons. The first-order chi connectivity index (χ1) is 11.0. The van der Waals surface area contributed by atoms with E-state index in [1.165, 1.54) is 12.1 Å². The third kappa shape index (κ3) is 4.29. The summed E-state index contributed by atoms with van der Waals surface area (Å²) in [5.41, 5.74) is 0.0909. The molecule has 23 heavy (non-hydrogen) atoms. The molecule has 1 saturated heterocycles. The van der Waals surface area contributed by atoms with Crippen molar-refractivity contribution in [3.63, 3.8) is 0 Å². The molecule has 1 aliphatic heterocycles. The summed E-state index contributed by atoms with van der Waals surface area (Å²) in [5, 5.41) is 2.96. The Balaban J connectivity index is 1.51. The fourth-order valence-electron chi connectivity index (χ4n) is 2.65. The summed E-state index contributed by atoms with van der Waals surface area (Å²) in [7, 11) is 0. The van der Waals surface area contributed by atoms with E-state index in [4.69, 9.17) is 0 Å². The first-order valence-electron chi connectivity index (χ1n) is 7.79. The van der Waals surface area contributed by atoms with Gasteiger partial charge in [0.1, 0.15) is 5.82 Å². The van der Waals surface area contributed by atoms with Gasteiger partial charge < -0.3 is 10.2 Å². The van der Waals surface area contributed by atoms with Gasteiger partial charge in [-0.15, -0.1) is 0 Å². The monoisotopic (exact) mass is 383 g/mol. The Morgan fingerprint density at radius 1 is 1.22 bits per heavy atom. The normalized spacial score (nSPS) is 18.8. The lowest BCUT2D eigenvalue weighted by Crippen LogP contribution is -2.51. The van der Waals surface area contributed by atoms with Gasteiger partial charge in [-0.1, -0.05) is 15.9 Å². The van der Waals surface area contributed by atoms with Crippen LogP contribution in [0, 0.1) is 5.82 Å². The van der Waals surface area contributed by atoms with Crippen molar-refractivity contribution in [3.05, 3.63) is 34.1 Å². The molecule has 2 amide bonds. The predicted molar refractivity (Wildman–Crippen MR) is 87.6 cm³/mol. The second-order valence-corrected chi connectivity index (χ2v) is 6.95. The highest BCUT2D eigenvalue weighted by Gasteiger charge is 2.27. The van der Waals surface area contributed by atoms with Gasteiger partial charge in [-0.3, -0.25) is 14.5 Å². The summed E-state index contributed by atoms with van der Waals surface area (Å²) < 4.78 is 14.5. The highest BCUT2D eigenvalue weighted by molar-refractivity contribution is 9.10.